The van der Waals surface area contributed by atoms with Gasteiger partial charge in [0.2, 0.25) is 0 Å². The van der Waals surface area contributed by atoms with Gasteiger partial charge >= 0.3 is 16.8 Å². The van der Waals surface area contributed by atoms with E-state index in [2.05, 4.69) is 29.1 Å². The lowest BCUT2D eigenvalue weighted by Crippen LogP contribution is -2.14. The summed E-state index contributed by atoms with van der Waals surface area (Å²) in [7, 11) is -11.5. The van der Waals surface area contributed by atoms with Crippen LogP contribution in [0.4, 0.5) is 17.1 Å². The fourth-order valence-electron chi connectivity index (χ4n) is 6.96. The number of aromatic nitrogens is 3. The van der Waals surface area contributed by atoms with Gasteiger partial charge < -0.3 is 15.2 Å². The van der Waals surface area contributed by atoms with E-state index in [1.54, 1.807) is 79.9 Å². The van der Waals surface area contributed by atoms with Gasteiger partial charge in [-0.15, -0.1) is 22.7 Å². The minimum atomic E-state index is -3.88. The molecular weight excluding hydrogens is 1100 g/mol. The third-order valence-corrected chi connectivity index (χ3v) is 17.4. The molecule has 3 aromatic heterocycles. The number of aryl methyl sites for hydroxylation is 4. The lowest BCUT2D eigenvalue weighted by molar-refractivity contribution is 0.0686. The van der Waals surface area contributed by atoms with E-state index in [9.17, 15) is 39.6 Å². The molecular formula is C51H43ClN6O11S6. The molecule has 0 unspecified atom stereocenters. The van der Waals surface area contributed by atoms with E-state index in [1.165, 1.54) is 89.4 Å². The van der Waals surface area contributed by atoms with Crippen molar-refractivity contribution >= 4 is 105 Å². The first-order chi connectivity index (χ1) is 35.5. The van der Waals surface area contributed by atoms with Crippen LogP contribution in [0.1, 0.15) is 41.9 Å². The number of anilines is 3. The van der Waals surface area contributed by atoms with Crippen LogP contribution < -0.4 is 19.0 Å². The summed E-state index contributed by atoms with van der Waals surface area (Å²) in [5.74, 6) is -2.25. The molecule has 0 fully saturated rings. The van der Waals surface area contributed by atoms with Crippen molar-refractivity contribution in [3.8, 4) is 33.8 Å². The Balaban J connectivity index is 0.000000164. The van der Waals surface area contributed by atoms with Gasteiger partial charge in [0.05, 0.1) is 58.6 Å². The lowest BCUT2D eigenvalue weighted by Gasteiger charge is -2.12. The maximum Gasteiger partial charge on any atom is 0.335 e. The van der Waals surface area contributed by atoms with Crippen LogP contribution in [0, 0.1) is 27.7 Å². The van der Waals surface area contributed by atoms with Crippen LogP contribution in [0.5, 0.6) is 0 Å². The van der Waals surface area contributed by atoms with Crippen molar-refractivity contribution in [2.45, 2.75) is 42.4 Å². The number of halogens is 1. The predicted molar refractivity (Wildman–Crippen MR) is 295 cm³/mol. The predicted octanol–water partition coefficient (Wildman–Crippen LogP) is 11.4. The maximum absolute atomic E-state index is 12.8. The van der Waals surface area contributed by atoms with E-state index >= 15 is 0 Å². The van der Waals surface area contributed by atoms with Gasteiger partial charge in [-0.3, -0.25) is 19.0 Å². The number of aromatic carboxylic acids is 2. The molecule has 0 radical (unpaired) electrons. The van der Waals surface area contributed by atoms with Gasteiger partial charge in [-0.2, -0.15) is 0 Å². The summed E-state index contributed by atoms with van der Waals surface area (Å²) < 4.78 is 83.6. The molecule has 0 bridgehead atoms. The summed E-state index contributed by atoms with van der Waals surface area (Å²) in [6.45, 7) is 7.19. The fourth-order valence-corrected chi connectivity index (χ4v) is 12.7. The highest BCUT2D eigenvalue weighted by atomic mass is 35.5. The Hall–Kier alpha value is -7.51. The number of nitrogens with zero attached hydrogens (tertiary/aromatic N) is 2. The minimum absolute atomic E-state index is 0.00639. The number of thiazole rings is 3. The summed E-state index contributed by atoms with van der Waals surface area (Å²) in [6, 6.07) is 34.4. The van der Waals surface area contributed by atoms with Gasteiger partial charge in [0, 0.05) is 49.2 Å². The Labute approximate surface area is 448 Å². The number of carboxylic acids is 2. The number of benzene rings is 6. The molecule has 0 aliphatic carbocycles. The zero-order valence-electron chi connectivity index (χ0n) is 39.7. The van der Waals surface area contributed by atoms with Crippen molar-refractivity contribution in [2.24, 2.45) is 0 Å². The molecule has 0 aliphatic heterocycles. The zero-order valence-corrected chi connectivity index (χ0v) is 45.4. The Morgan fingerprint density at radius 2 is 0.973 bits per heavy atom. The second kappa shape index (κ2) is 23.4. The minimum Gasteiger partial charge on any atom is -0.478 e. The molecule has 386 valence electrons. The smallest absolute Gasteiger partial charge is 0.335 e. The third kappa shape index (κ3) is 14.4. The molecule has 9 rings (SSSR count). The molecule has 24 heteroatoms. The van der Waals surface area contributed by atoms with Gasteiger partial charge in [-0.1, -0.05) is 77.5 Å². The van der Waals surface area contributed by atoms with Crippen molar-refractivity contribution in [1.82, 2.24) is 15.0 Å². The number of aromatic amines is 1. The number of hydrogen-bond acceptors (Lipinski definition) is 14. The Kier molecular flexibility index (Phi) is 17.2. The fraction of sp³-hybridized carbons (Fsp3) is 0.0784. The van der Waals surface area contributed by atoms with Crippen molar-refractivity contribution < 1.29 is 45.1 Å². The first-order valence-corrected chi connectivity index (χ1v) is 29.3. The van der Waals surface area contributed by atoms with Crippen LogP contribution in [0.3, 0.4) is 0 Å². The first kappa shape index (κ1) is 55.2. The summed E-state index contributed by atoms with van der Waals surface area (Å²) in [6.07, 6.45) is 0. The van der Waals surface area contributed by atoms with Gasteiger partial charge in [-0.05, 0) is 118 Å². The number of hydrogen-bond donors (Lipinski definition) is 6. The molecule has 17 nitrogen and oxygen atoms in total. The molecule has 0 saturated carbocycles. The van der Waals surface area contributed by atoms with E-state index in [0.29, 0.717) is 49.9 Å². The van der Waals surface area contributed by atoms with E-state index < -0.39 is 42.0 Å². The molecule has 0 spiro atoms. The third-order valence-electron chi connectivity index (χ3n) is 10.6. The highest BCUT2D eigenvalue weighted by Gasteiger charge is 2.21. The SMILES string of the molecule is Cc1ccc(-c2csc(=O)[nH]2)cc1S(=O)(=O)Nc1cccc(Cl)c1.Cc1nc(-c2ccc(C)c(S(=O)(=O)Nc3cccc(C(=O)O)c3)c2)cs1.Cc1nc(-c2cccc(S(=O)(=O)Nc3cccc(C(=O)O)c3)c2)cs1. The molecule has 9 aromatic rings. The van der Waals surface area contributed by atoms with Crippen molar-refractivity contribution in [1.29, 1.82) is 0 Å². The van der Waals surface area contributed by atoms with Crippen LogP contribution in [0.25, 0.3) is 33.8 Å². The average molecular weight is 1140 g/mol. The number of rotatable bonds is 14. The Bertz CT molecular complexity index is 4000. The number of nitrogens with one attached hydrogen (secondary N) is 4. The van der Waals surface area contributed by atoms with Crippen LogP contribution >= 0.6 is 45.6 Å². The Morgan fingerprint density at radius 1 is 0.520 bits per heavy atom. The molecule has 0 amide bonds. The molecule has 75 heavy (non-hydrogen) atoms. The standard InChI is InChI=1S/C18H16N2O4S2.C17H14N2O4S2.C16H13ClN2O3S2/c1-11-6-7-13(16-10-25-12(2)19-16)9-17(11)26(23,24)20-15-5-3-4-14(8-15)18(21)22;1-11-18-16(10-24-11)12-4-3-7-15(9-12)25(22,23)19-14-6-2-5-13(8-14)17(20)21;1-10-5-6-11(14-9-23-16(20)18-14)7-15(10)24(21,22)19-13-4-2-3-12(17)8-13/h3-10,20H,1-2H3,(H,21,22);2-10,19H,1H3,(H,20,21);2-9,19H,1H3,(H,18,20). The number of carbonyl (C=O) groups is 2. The quantitative estimate of drug-likeness (QED) is 0.0592. The van der Waals surface area contributed by atoms with Crippen molar-refractivity contribution in [3.63, 3.8) is 0 Å². The first-order valence-electron chi connectivity index (χ1n) is 21.8. The highest BCUT2D eigenvalue weighted by Crippen LogP contribution is 2.30. The molecule has 0 saturated heterocycles. The van der Waals surface area contributed by atoms with E-state index in [-0.39, 0.29) is 42.1 Å². The van der Waals surface area contributed by atoms with Gasteiger partial charge in [-0.25, -0.2) is 44.8 Å². The maximum atomic E-state index is 12.8. The second-order valence-electron chi connectivity index (χ2n) is 16.2. The van der Waals surface area contributed by atoms with Crippen molar-refractivity contribution in [3.05, 3.63) is 197 Å². The van der Waals surface area contributed by atoms with Gasteiger partial charge in [0.15, 0.2) is 0 Å². The molecule has 3 heterocycles. The van der Waals surface area contributed by atoms with E-state index in [0.717, 1.165) is 27.0 Å². The summed E-state index contributed by atoms with van der Waals surface area (Å²) in [4.78, 5) is 45.0. The number of sulfonamides is 3. The summed E-state index contributed by atoms with van der Waals surface area (Å²) in [5.41, 5.74) is 6.03. The van der Waals surface area contributed by atoms with Gasteiger partial charge in [0.1, 0.15) is 0 Å². The number of H-pyrrole nitrogens is 1. The van der Waals surface area contributed by atoms with Crippen LogP contribution in [-0.4, -0.2) is 62.4 Å². The van der Waals surface area contributed by atoms with E-state index in [1.807, 2.05) is 30.7 Å². The monoisotopic (exact) mass is 1140 g/mol. The average Bonchev–Trinajstić information content (AvgIpc) is 4.13. The Morgan fingerprint density at radius 3 is 1.44 bits per heavy atom. The number of carboxylic acid groups (broad SMARTS) is 2. The van der Waals surface area contributed by atoms with Crippen LogP contribution in [0.15, 0.2) is 169 Å². The van der Waals surface area contributed by atoms with Gasteiger partial charge in [0.25, 0.3) is 30.1 Å². The second-order valence-corrected chi connectivity index (χ2v) is 24.5. The van der Waals surface area contributed by atoms with Crippen LogP contribution in [0.2, 0.25) is 5.02 Å². The topological polar surface area (TPSA) is 272 Å². The molecule has 0 atom stereocenters. The highest BCUT2D eigenvalue weighted by molar-refractivity contribution is 7.93. The molecule has 0 aliphatic rings. The normalized spacial score (nSPS) is 11.3. The summed E-state index contributed by atoms with van der Waals surface area (Å²) in [5, 5.41) is 25.7. The summed E-state index contributed by atoms with van der Waals surface area (Å²) >= 11 is 9.90. The van der Waals surface area contributed by atoms with Crippen LogP contribution in [-0.2, 0) is 30.1 Å². The zero-order chi connectivity index (χ0) is 54.2. The van der Waals surface area contributed by atoms with Crippen molar-refractivity contribution in [2.75, 3.05) is 14.2 Å². The molecule has 6 aromatic carbocycles. The molecule has 6 N–H and O–H groups in total. The largest absolute Gasteiger partial charge is 0.478 e. The lowest BCUT2D eigenvalue weighted by atomic mass is 10.1. The van der Waals surface area contributed by atoms with E-state index in [4.69, 9.17) is 21.8 Å².